The third-order valence-electron chi connectivity index (χ3n) is 6.86. The molecule has 1 atom stereocenters. The highest BCUT2D eigenvalue weighted by molar-refractivity contribution is 5.58. The van der Waals surface area contributed by atoms with Gasteiger partial charge in [0.05, 0.1) is 10.8 Å². The van der Waals surface area contributed by atoms with E-state index in [0.29, 0.717) is 0 Å². The van der Waals surface area contributed by atoms with Crippen molar-refractivity contribution < 1.29 is 4.57 Å². The van der Waals surface area contributed by atoms with Gasteiger partial charge in [0.15, 0.2) is 11.4 Å². The molecular formula is C29H31N2+. The van der Waals surface area contributed by atoms with Crippen molar-refractivity contribution in [1.29, 1.82) is 0 Å². The average Bonchev–Trinajstić information content (AvgIpc) is 3.21. The van der Waals surface area contributed by atoms with Crippen molar-refractivity contribution in [2.24, 2.45) is 0 Å². The van der Waals surface area contributed by atoms with Crippen LogP contribution in [-0.2, 0) is 10.8 Å². The van der Waals surface area contributed by atoms with Crippen LogP contribution in [0.15, 0.2) is 78.9 Å². The van der Waals surface area contributed by atoms with E-state index in [1.807, 2.05) is 0 Å². The number of aromatic nitrogens is 2. The highest BCUT2D eigenvalue weighted by Crippen LogP contribution is 2.47. The van der Waals surface area contributed by atoms with Gasteiger partial charge in [0.25, 0.3) is 5.82 Å². The molecule has 0 amide bonds. The van der Waals surface area contributed by atoms with Crippen LogP contribution in [0, 0.1) is 13.8 Å². The smallest absolute Gasteiger partial charge is 0.196 e. The zero-order valence-electron chi connectivity index (χ0n) is 19.4. The van der Waals surface area contributed by atoms with Crippen LogP contribution in [0.2, 0.25) is 0 Å². The maximum atomic E-state index is 2.55. The summed E-state index contributed by atoms with van der Waals surface area (Å²) in [6.45, 7) is 13.9. The molecule has 156 valence electrons. The Morgan fingerprint density at radius 1 is 0.774 bits per heavy atom. The largest absolute Gasteiger partial charge is 0.272 e. The summed E-state index contributed by atoms with van der Waals surface area (Å²) in [5.74, 6) is 1.32. The maximum Gasteiger partial charge on any atom is 0.272 e. The van der Waals surface area contributed by atoms with Gasteiger partial charge in [0, 0.05) is 12.5 Å². The van der Waals surface area contributed by atoms with Gasteiger partial charge < -0.3 is 0 Å². The van der Waals surface area contributed by atoms with Gasteiger partial charge in [-0.25, -0.2) is 0 Å². The number of aryl methyl sites for hydroxylation is 1. The summed E-state index contributed by atoms with van der Waals surface area (Å²) in [7, 11) is 0. The van der Waals surface area contributed by atoms with Gasteiger partial charge in [0.2, 0.25) is 0 Å². The lowest BCUT2D eigenvalue weighted by atomic mass is 9.74. The SMILES string of the molecule is Cc1ccccc1-n1c(C)c2[n+](c1C(C)(C)C)-c1ccccc1C2(C)c1ccccc1. The maximum absolute atomic E-state index is 2.55. The minimum Gasteiger partial charge on any atom is -0.196 e. The van der Waals surface area contributed by atoms with Crippen molar-refractivity contribution in [2.45, 2.75) is 52.4 Å². The Bertz CT molecular complexity index is 1290. The molecule has 1 aromatic heterocycles. The molecule has 0 saturated carbocycles. The van der Waals surface area contributed by atoms with Crippen LogP contribution in [0.25, 0.3) is 11.4 Å². The zero-order chi connectivity index (χ0) is 22.0. The lowest BCUT2D eigenvalue weighted by Gasteiger charge is -2.24. The molecule has 4 aromatic rings. The van der Waals surface area contributed by atoms with E-state index in [-0.39, 0.29) is 10.8 Å². The number of fused-ring (bicyclic) bond motifs is 3. The number of rotatable bonds is 2. The second kappa shape index (κ2) is 6.68. The fourth-order valence-electron chi connectivity index (χ4n) is 5.52. The van der Waals surface area contributed by atoms with Gasteiger partial charge >= 0.3 is 0 Å². The van der Waals surface area contributed by atoms with Gasteiger partial charge in [-0.3, -0.25) is 0 Å². The van der Waals surface area contributed by atoms with E-state index in [0.717, 1.165) is 0 Å². The molecule has 5 rings (SSSR count). The lowest BCUT2D eigenvalue weighted by Crippen LogP contribution is -2.42. The molecule has 2 nitrogen and oxygen atoms in total. The number of para-hydroxylation sites is 2. The van der Waals surface area contributed by atoms with Crippen LogP contribution in [0.1, 0.15) is 61.6 Å². The first-order chi connectivity index (χ1) is 14.8. The summed E-state index contributed by atoms with van der Waals surface area (Å²) < 4.78 is 5.05. The number of benzene rings is 3. The molecule has 2 heterocycles. The van der Waals surface area contributed by atoms with Crippen molar-refractivity contribution in [2.75, 3.05) is 0 Å². The van der Waals surface area contributed by atoms with Crippen LogP contribution in [0.3, 0.4) is 0 Å². The normalized spacial score (nSPS) is 17.5. The minimum absolute atomic E-state index is 0.0413. The van der Waals surface area contributed by atoms with Gasteiger partial charge in [-0.15, -0.1) is 0 Å². The topological polar surface area (TPSA) is 8.81 Å². The molecule has 2 heteroatoms. The second-order valence-electron chi connectivity index (χ2n) is 9.97. The van der Waals surface area contributed by atoms with Crippen molar-refractivity contribution in [3.8, 4) is 11.4 Å². The molecule has 1 aliphatic rings. The van der Waals surface area contributed by atoms with E-state index >= 15 is 0 Å². The predicted octanol–water partition coefficient (Wildman–Crippen LogP) is 6.34. The summed E-state index contributed by atoms with van der Waals surface area (Å²) in [6.07, 6.45) is 0. The van der Waals surface area contributed by atoms with Crippen LogP contribution in [0.4, 0.5) is 0 Å². The Labute approximate surface area is 185 Å². The number of hydrogen-bond donors (Lipinski definition) is 0. The first kappa shape index (κ1) is 19.8. The molecule has 0 aliphatic carbocycles. The summed E-state index contributed by atoms with van der Waals surface area (Å²) >= 11 is 0. The second-order valence-corrected chi connectivity index (χ2v) is 9.97. The summed E-state index contributed by atoms with van der Waals surface area (Å²) in [5.41, 5.74) is 8.98. The minimum atomic E-state index is -0.212. The van der Waals surface area contributed by atoms with Crippen molar-refractivity contribution in [3.05, 3.63) is 113 Å². The summed E-state index contributed by atoms with van der Waals surface area (Å²) in [6, 6.07) is 28.6. The monoisotopic (exact) mass is 407 g/mol. The van der Waals surface area contributed by atoms with E-state index in [1.165, 1.54) is 45.3 Å². The number of imidazole rings is 1. The molecule has 3 aromatic carbocycles. The van der Waals surface area contributed by atoms with Gasteiger partial charge in [-0.1, -0.05) is 66.7 Å². The molecule has 1 aliphatic heterocycles. The Hall–Kier alpha value is -3.13. The molecule has 0 fully saturated rings. The van der Waals surface area contributed by atoms with E-state index in [9.17, 15) is 0 Å². The Morgan fingerprint density at radius 2 is 1.39 bits per heavy atom. The Morgan fingerprint density at radius 3 is 2.06 bits per heavy atom. The zero-order valence-corrected chi connectivity index (χ0v) is 19.4. The first-order valence-electron chi connectivity index (χ1n) is 11.2. The van der Waals surface area contributed by atoms with Crippen LogP contribution >= 0.6 is 0 Å². The third-order valence-corrected chi connectivity index (χ3v) is 6.86. The van der Waals surface area contributed by atoms with E-state index in [2.05, 4.69) is 130 Å². The fraction of sp³-hybridized carbons (Fsp3) is 0.276. The van der Waals surface area contributed by atoms with Crippen LogP contribution < -0.4 is 4.57 Å². The molecule has 31 heavy (non-hydrogen) atoms. The highest BCUT2D eigenvalue weighted by atomic mass is 15.2. The molecule has 0 bridgehead atoms. The highest BCUT2D eigenvalue weighted by Gasteiger charge is 2.53. The average molecular weight is 408 g/mol. The molecule has 0 radical (unpaired) electrons. The third kappa shape index (κ3) is 2.67. The van der Waals surface area contributed by atoms with E-state index in [1.54, 1.807) is 0 Å². The van der Waals surface area contributed by atoms with Crippen LogP contribution in [0.5, 0.6) is 0 Å². The van der Waals surface area contributed by atoms with Gasteiger partial charge in [-0.2, -0.15) is 9.13 Å². The van der Waals surface area contributed by atoms with Crippen molar-refractivity contribution in [1.82, 2.24) is 4.57 Å². The van der Waals surface area contributed by atoms with Gasteiger partial charge in [-0.05, 0) is 57.9 Å². The van der Waals surface area contributed by atoms with E-state index in [4.69, 9.17) is 0 Å². The molecule has 0 spiro atoms. The van der Waals surface area contributed by atoms with Crippen LogP contribution in [-0.4, -0.2) is 4.57 Å². The fourth-order valence-corrected chi connectivity index (χ4v) is 5.52. The summed E-state index contributed by atoms with van der Waals surface area (Å²) in [4.78, 5) is 0. The standard InChI is InChI=1S/C29H31N2/c1-20-14-10-12-18-24(20)30-21(2)26-29(6,22-15-8-7-9-16-22)23-17-11-13-19-25(23)31(26)27(30)28(3,4)5/h7-19H,1-6H3/q+1. The predicted molar refractivity (Wildman–Crippen MR) is 127 cm³/mol. The molecular weight excluding hydrogens is 376 g/mol. The molecule has 0 saturated heterocycles. The Kier molecular flexibility index (Phi) is 4.27. The number of hydrogen-bond acceptors (Lipinski definition) is 0. The molecule has 0 N–H and O–H groups in total. The quantitative estimate of drug-likeness (QED) is 0.343. The Balaban J connectivity index is 1.97. The summed E-state index contributed by atoms with van der Waals surface area (Å²) in [5, 5.41) is 0. The van der Waals surface area contributed by atoms with E-state index < -0.39 is 0 Å². The number of nitrogens with zero attached hydrogens (tertiary/aromatic N) is 2. The first-order valence-corrected chi connectivity index (χ1v) is 11.2. The van der Waals surface area contributed by atoms with Crippen molar-refractivity contribution >= 4 is 0 Å². The van der Waals surface area contributed by atoms with Gasteiger partial charge in [0.1, 0.15) is 11.4 Å². The lowest BCUT2D eigenvalue weighted by molar-refractivity contribution is -0.611. The van der Waals surface area contributed by atoms with Crippen molar-refractivity contribution in [3.63, 3.8) is 0 Å². The molecule has 1 unspecified atom stereocenters.